The molecule has 2 aromatic heterocycles. The van der Waals surface area contributed by atoms with E-state index in [-0.39, 0.29) is 16.7 Å². The fourth-order valence-electron chi connectivity index (χ4n) is 4.18. The first kappa shape index (κ1) is 29.8. The minimum Gasteiger partial charge on any atom is -0.444 e. The number of hydrogen-bond acceptors (Lipinski definition) is 9. The molecule has 12 nitrogen and oxygen atoms in total. The monoisotopic (exact) mass is 583 g/mol. The molecule has 220 valence electrons. The maximum atomic E-state index is 13.2. The molecule has 1 aromatic carbocycles. The maximum Gasteiger partial charge on any atom is 0.412 e. The van der Waals surface area contributed by atoms with Crippen LogP contribution in [-0.4, -0.2) is 63.2 Å². The highest BCUT2D eigenvalue weighted by atomic mass is 32.1. The highest BCUT2D eigenvalue weighted by Gasteiger charge is 2.28. The fraction of sp³-hybridized carbons (Fsp3) is 0.464. The van der Waals surface area contributed by atoms with Crippen LogP contribution in [0.5, 0.6) is 0 Å². The van der Waals surface area contributed by atoms with Crippen molar-refractivity contribution in [2.45, 2.75) is 65.2 Å². The minimum atomic E-state index is -0.712. The fourth-order valence-corrected chi connectivity index (χ4v) is 5.12. The van der Waals surface area contributed by atoms with Gasteiger partial charge in [0.05, 0.1) is 17.9 Å². The van der Waals surface area contributed by atoms with Crippen molar-refractivity contribution in [2.24, 2.45) is 7.05 Å². The molecular weight excluding hydrogens is 546 g/mol. The number of carbonyl (C=O) groups is 3. The van der Waals surface area contributed by atoms with Crippen LogP contribution in [0, 0.1) is 0 Å². The van der Waals surface area contributed by atoms with E-state index in [4.69, 9.17) is 9.47 Å². The van der Waals surface area contributed by atoms with Crippen LogP contribution in [-0.2, 0) is 16.5 Å². The van der Waals surface area contributed by atoms with Gasteiger partial charge in [0, 0.05) is 37.6 Å². The van der Waals surface area contributed by atoms with Crippen molar-refractivity contribution in [1.82, 2.24) is 20.1 Å². The topological polar surface area (TPSA) is 140 Å². The van der Waals surface area contributed by atoms with E-state index in [0.717, 1.165) is 24.2 Å². The summed E-state index contributed by atoms with van der Waals surface area (Å²) in [7, 11) is 1.75. The summed E-state index contributed by atoms with van der Waals surface area (Å²) in [6.45, 7) is 12.2. The predicted molar refractivity (Wildman–Crippen MR) is 159 cm³/mol. The number of benzene rings is 1. The molecule has 1 aliphatic rings. The molecule has 41 heavy (non-hydrogen) atoms. The number of rotatable bonds is 6. The Bertz CT molecular complexity index is 1420. The SMILES string of the molecule is Cn1cc(NC(=O)c2nc(-c3cccc(N4CCC(NC(=O)OC(C)(C)C)C4)c3)sc2NC(=O)OC(C)(C)C)cn1. The second-order valence-corrected chi connectivity index (χ2v) is 12.8. The van der Waals surface area contributed by atoms with E-state index >= 15 is 0 Å². The van der Waals surface area contributed by atoms with Crippen LogP contribution in [0.15, 0.2) is 36.7 Å². The van der Waals surface area contributed by atoms with Crippen molar-refractivity contribution in [3.63, 3.8) is 0 Å². The van der Waals surface area contributed by atoms with E-state index in [1.165, 1.54) is 17.5 Å². The summed E-state index contributed by atoms with van der Waals surface area (Å²) in [5.41, 5.74) is 1.03. The molecule has 3 aromatic rings. The van der Waals surface area contributed by atoms with E-state index < -0.39 is 29.3 Å². The molecular formula is C28H37N7O5S. The largest absolute Gasteiger partial charge is 0.444 e. The first-order valence-electron chi connectivity index (χ1n) is 13.3. The number of carbonyl (C=O) groups excluding carboxylic acids is 3. The van der Waals surface area contributed by atoms with Gasteiger partial charge < -0.3 is 25.0 Å². The molecule has 1 saturated heterocycles. The van der Waals surface area contributed by atoms with E-state index in [1.54, 1.807) is 38.7 Å². The Hall–Kier alpha value is -4.13. The number of aryl methyl sites for hydroxylation is 1. The quantitative estimate of drug-likeness (QED) is 0.358. The number of nitrogens with zero attached hydrogens (tertiary/aromatic N) is 4. The van der Waals surface area contributed by atoms with Crippen LogP contribution in [0.1, 0.15) is 58.5 Å². The number of alkyl carbamates (subject to hydrolysis) is 1. The van der Waals surface area contributed by atoms with Crippen molar-refractivity contribution in [3.8, 4) is 10.6 Å². The highest BCUT2D eigenvalue weighted by Crippen LogP contribution is 2.35. The molecule has 1 aliphatic heterocycles. The van der Waals surface area contributed by atoms with Gasteiger partial charge in [-0.2, -0.15) is 5.10 Å². The second-order valence-electron chi connectivity index (χ2n) is 11.8. The third-order valence-corrected chi connectivity index (χ3v) is 6.81. The molecule has 1 fully saturated rings. The van der Waals surface area contributed by atoms with Gasteiger partial charge in [-0.05, 0) is 60.1 Å². The van der Waals surface area contributed by atoms with Crippen LogP contribution in [0.4, 0.5) is 26.0 Å². The Balaban J connectivity index is 1.54. The Morgan fingerprint density at radius 3 is 2.39 bits per heavy atom. The molecule has 13 heteroatoms. The van der Waals surface area contributed by atoms with Gasteiger partial charge in [-0.15, -0.1) is 0 Å². The zero-order valence-corrected chi connectivity index (χ0v) is 25.2. The highest BCUT2D eigenvalue weighted by molar-refractivity contribution is 7.19. The third-order valence-electron chi connectivity index (χ3n) is 5.79. The molecule has 1 unspecified atom stereocenters. The molecule has 0 saturated carbocycles. The molecule has 0 bridgehead atoms. The van der Waals surface area contributed by atoms with Crippen molar-refractivity contribution in [1.29, 1.82) is 0 Å². The average Bonchev–Trinajstić information content (AvgIpc) is 3.57. The summed E-state index contributed by atoms with van der Waals surface area (Å²) < 4.78 is 12.4. The van der Waals surface area contributed by atoms with Gasteiger partial charge in [0.2, 0.25) is 0 Å². The van der Waals surface area contributed by atoms with Crippen LogP contribution in [0.25, 0.3) is 10.6 Å². The lowest BCUT2D eigenvalue weighted by molar-refractivity contribution is 0.0507. The second kappa shape index (κ2) is 11.8. The maximum absolute atomic E-state index is 13.2. The number of anilines is 3. The van der Waals surface area contributed by atoms with Crippen molar-refractivity contribution >= 4 is 45.8 Å². The third kappa shape index (κ3) is 8.43. The van der Waals surface area contributed by atoms with Gasteiger partial charge in [0.25, 0.3) is 5.91 Å². The molecule has 3 heterocycles. The first-order chi connectivity index (χ1) is 19.1. The molecule has 4 rings (SSSR count). The van der Waals surface area contributed by atoms with Crippen LogP contribution in [0.3, 0.4) is 0 Å². The van der Waals surface area contributed by atoms with E-state index in [2.05, 4.69) is 30.9 Å². The van der Waals surface area contributed by atoms with E-state index in [0.29, 0.717) is 17.2 Å². The Morgan fingerprint density at radius 2 is 1.73 bits per heavy atom. The van der Waals surface area contributed by atoms with Crippen molar-refractivity contribution in [2.75, 3.05) is 28.6 Å². The summed E-state index contributed by atoms with van der Waals surface area (Å²) in [6.07, 6.45) is 2.86. The number of thiazole rings is 1. The zero-order chi connectivity index (χ0) is 29.9. The number of ether oxygens (including phenoxy) is 2. The summed E-state index contributed by atoms with van der Waals surface area (Å²) in [4.78, 5) is 44.8. The molecule has 3 amide bonds. The van der Waals surface area contributed by atoms with Gasteiger partial charge in [0.1, 0.15) is 21.2 Å². The Kier molecular flexibility index (Phi) is 8.57. The molecule has 3 N–H and O–H groups in total. The predicted octanol–water partition coefficient (Wildman–Crippen LogP) is 5.25. The molecule has 0 radical (unpaired) electrons. The standard InChI is InChI=1S/C28H37N7O5S/c1-27(2,3)39-25(37)31-18-11-12-35(16-18)20-10-8-9-17(13-20)23-32-21(22(36)30-19-14-29-34(7)15-19)24(41-23)33-26(38)40-28(4,5)6/h8-10,13-15,18H,11-12,16H2,1-7H3,(H,30,36)(H,31,37)(H,33,38). The van der Waals surface area contributed by atoms with Crippen LogP contribution in [0.2, 0.25) is 0 Å². The molecule has 0 aliphatic carbocycles. The van der Waals surface area contributed by atoms with E-state index in [1.807, 2.05) is 45.0 Å². The van der Waals surface area contributed by atoms with Gasteiger partial charge in [-0.1, -0.05) is 23.5 Å². The van der Waals surface area contributed by atoms with Gasteiger partial charge in [0.15, 0.2) is 5.69 Å². The van der Waals surface area contributed by atoms with E-state index in [9.17, 15) is 14.4 Å². The number of aromatic nitrogens is 3. The smallest absolute Gasteiger partial charge is 0.412 e. The normalized spacial score (nSPS) is 15.4. The number of hydrogen-bond donors (Lipinski definition) is 3. The Morgan fingerprint density at radius 1 is 1.02 bits per heavy atom. The van der Waals surface area contributed by atoms with Crippen molar-refractivity contribution < 1.29 is 23.9 Å². The number of nitrogens with one attached hydrogen (secondary N) is 3. The summed E-state index contributed by atoms with van der Waals surface area (Å²) in [5.74, 6) is -0.488. The van der Waals surface area contributed by atoms with Crippen LogP contribution < -0.4 is 20.9 Å². The lowest BCUT2D eigenvalue weighted by atomic mass is 10.2. The Labute approximate surface area is 243 Å². The van der Waals surface area contributed by atoms with Gasteiger partial charge in [-0.3, -0.25) is 14.8 Å². The average molecular weight is 584 g/mol. The van der Waals surface area contributed by atoms with Crippen molar-refractivity contribution in [3.05, 3.63) is 42.4 Å². The molecule has 1 atom stereocenters. The first-order valence-corrected chi connectivity index (χ1v) is 14.1. The summed E-state index contributed by atoms with van der Waals surface area (Å²) in [5, 5.41) is 13.3. The lowest BCUT2D eigenvalue weighted by Crippen LogP contribution is -2.40. The summed E-state index contributed by atoms with van der Waals surface area (Å²) in [6, 6.07) is 7.74. The number of amides is 3. The van der Waals surface area contributed by atoms with Gasteiger partial charge >= 0.3 is 12.2 Å². The summed E-state index contributed by atoms with van der Waals surface area (Å²) >= 11 is 1.18. The van der Waals surface area contributed by atoms with Crippen LogP contribution >= 0.6 is 11.3 Å². The zero-order valence-electron chi connectivity index (χ0n) is 24.4. The minimum absolute atomic E-state index is 0.0409. The molecule has 0 spiro atoms. The lowest BCUT2D eigenvalue weighted by Gasteiger charge is -2.22. The van der Waals surface area contributed by atoms with Gasteiger partial charge in [-0.25, -0.2) is 14.6 Å².